The molecule has 0 atom stereocenters. The molecule has 0 fully saturated rings. The molecule has 1 aromatic heterocycles. The minimum atomic E-state index is 0. The van der Waals surface area contributed by atoms with Gasteiger partial charge in [0.2, 0.25) is 0 Å². The Hall–Kier alpha value is -2.27. The van der Waals surface area contributed by atoms with Crippen molar-refractivity contribution in [3.8, 4) is 28.4 Å². The van der Waals surface area contributed by atoms with Gasteiger partial charge in [-0.2, -0.15) is 4.57 Å². The predicted octanol–water partition coefficient (Wildman–Crippen LogP) is 0.789. The summed E-state index contributed by atoms with van der Waals surface area (Å²) >= 11 is 0. The molecule has 0 spiro atoms. The van der Waals surface area contributed by atoms with E-state index in [-0.39, 0.29) is 17.0 Å². The van der Waals surface area contributed by atoms with E-state index in [0.717, 1.165) is 24.5 Å². The fourth-order valence-electron chi connectivity index (χ4n) is 3.55. The lowest BCUT2D eigenvalue weighted by Crippen LogP contribution is -3.00. The summed E-state index contributed by atoms with van der Waals surface area (Å²) in [5.41, 5.74) is 3.57. The van der Waals surface area contributed by atoms with E-state index in [1.807, 2.05) is 24.3 Å². The van der Waals surface area contributed by atoms with E-state index in [1.165, 1.54) is 35.6 Å². The summed E-state index contributed by atoms with van der Waals surface area (Å²) in [6.45, 7) is 1.08. The molecule has 4 rings (SSSR count). The molecule has 5 heteroatoms. The number of imidazole rings is 1. The fraction of sp³-hybridized carbons (Fsp3) is 0.286. The third kappa shape index (κ3) is 3.36. The summed E-state index contributed by atoms with van der Waals surface area (Å²) in [5.74, 6) is 3.12. The van der Waals surface area contributed by atoms with Crippen molar-refractivity contribution >= 4 is 0 Å². The van der Waals surface area contributed by atoms with Crippen LogP contribution < -0.4 is 31.0 Å². The Bertz CT molecular complexity index is 870. The molecule has 1 aliphatic heterocycles. The normalized spacial score (nSPS) is 12.8. The number of methoxy groups -OCH3 is 2. The number of aryl methyl sites for hydroxylation is 1. The minimum absolute atomic E-state index is 0. The van der Waals surface area contributed by atoms with Crippen LogP contribution >= 0.6 is 0 Å². The van der Waals surface area contributed by atoms with Crippen LogP contribution in [0.25, 0.3) is 16.9 Å². The molecule has 26 heavy (non-hydrogen) atoms. The van der Waals surface area contributed by atoms with Crippen LogP contribution in [0.4, 0.5) is 0 Å². The number of nitrogens with zero attached hydrogens (tertiary/aromatic N) is 2. The van der Waals surface area contributed by atoms with Gasteiger partial charge in [-0.15, -0.1) is 0 Å². The van der Waals surface area contributed by atoms with Crippen molar-refractivity contribution in [1.82, 2.24) is 4.57 Å². The number of hydrogen-bond donors (Lipinski definition) is 0. The molecule has 3 aromatic rings. The molecule has 0 N–H and O–H groups in total. The van der Waals surface area contributed by atoms with E-state index < -0.39 is 0 Å². The van der Waals surface area contributed by atoms with Gasteiger partial charge >= 0.3 is 0 Å². The quantitative estimate of drug-likeness (QED) is 0.590. The molecule has 0 aliphatic carbocycles. The minimum Gasteiger partial charge on any atom is -1.00 e. The number of rotatable bonds is 4. The highest BCUT2D eigenvalue weighted by atomic mass is 79.9. The zero-order chi connectivity index (χ0) is 17.2. The molecule has 1 aliphatic rings. The van der Waals surface area contributed by atoms with E-state index in [2.05, 4.69) is 39.6 Å². The van der Waals surface area contributed by atoms with E-state index in [9.17, 15) is 0 Å². The van der Waals surface area contributed by atoms with Crippen LogP contribution in [0.5, 0.6) is 11.5 Å². The van der Waals surface area contributed by atoms with Gasteiger partial charge in [-0.05, 0) is 61.4 Å². The Balaban J connectivity index is 0.00000196. The lowest BCUT2D eigenvalue weighted by Gasteiger charge is -2.10. The van der Waals surface area contributed by atoms with Crippen LogP contribution in [-0.4, -0.2) is 18.8 Å². The highest BCUT2D eigenvalue weighted by Crippen LogP contribution is 2.28. The highest BCUT2D eigenvalue weighted by Gasteiger charge is 2.27. The zero-order valence-corrected chi connectivity index (χ0v) is 16.7. The van der Waals surface area contributed by atoms with Gasteiger partial charge in [0.05, 0.1) is 20.8 Å². The summed E-state index contributed by atoms with van der Waals surface area (Å²) in [6, 6.07) is 16.6. The Kier molecular flexibility index (Phi) is 5.67. The maximum absolute atomic E-state index is 5.31. The van der Waals surface area contributed by atoms with Crippen molar-refractivity contribution in [3.05, 3.63) is 60.6 Å². The summed E-state index contributed by atoms with van der Waals surface area (Å²) < 4.78 is 15.4. The number of halogens is 1. The van der Waals surface area contributed by atoms with Crippen LogP contribution in [0.2, 0.25) is 0 Å². The molecule has 2 heterocycles. The summed E-state index contributed by atoms with van der Waals surface area (Å²) in [7, 11) is 3.40. The van der Waals surface area contributed by atoms with Crippen molar-refractivity contribution in [2.45, 2.75) is 25.8 Å². The molecule has 0 radical (unpaired) electrons. The van der Waals surface area contributed by atoms with Crippen LogP contribution in [-0.2, 0) is 13.0 Å². The standard InChI is InChI=1S/C21H23N2O2.BrH/c1-24-18-10-6-16(7-11-18)20-15-22-14-4-3-5-21(22)23(20)17-8-12-19(25-2)13-9-17;/h6-13,15H,3-5,14H2,1-2H3;1H/q+1;/p-1. The van der Waals surface area contributed by atoms with Crippen LogP contribution in [0, 0.1) is 0 Å². The molecule has 0 bridgehead atoms. The third-order valence-corrected chi connectivity index (χ3v) is 4.87. The molecular weight excluding hydrogens is 392 g/mol. The molecular formula is C21H23BrN2O2. The number of aromatic nitrogens is 2. The Morgan fingerprint density at radius 2 is 1.46 bits per heavy atom. The second kappa shape index (κ2) is 7.96. The number of ether oxygens (including phenoxy) is 2. The van der Waals surface area contributed by atoms with E-state index >= 15 is 0 Å². The largest absolute Gasteiger partial charge is 1.00 e. The second-order valence-electron chi connectivity index (χ2n) is 6.34. The summed E-state index contributed by atoms with van der Waals surface area (Å²) in [5, 5.41) is 0. The number of benzene rings is 2. The van der Waals surface area contributed by atoms with Crippen molar-refractivity contribution in [3.63, 3.8) is 0 Å². The molecule has 0 amide bonds. The van der Waals surface area contributed by atoms with Gasteiger partial charge in [-0.25, -0.2) is 4.57 Å². The molecule has 4 nitrogen and oxygen atoms in total. The first kappa shape index (κ1) is 18.5. The van der Waals surface area contributed by atoms with Crippen molar-refractivity contribution in [2.24, 2.45) is 0 Å². The summed E-state index contributed by atoms with van der Waals surface area (Å²) in [4.78, 5) is 0. The second-order valence-corrected chi connectivity index (χ2v) is 6.34. The van der Waals surface area contributed by atoms with Gasteiger partial charge in [-0.1, -0.05) is 0 Å². The van der Waals surface area contributed by atoms with Crippen LogP contribution in [0.15, 0.2) is 54.7 Å². The Morgan fingerprint density at radius 1 is 0.846 bits per heavy atom. The lowest BCUT2D eigenvalue weighted by molar-refractivity contribution is -0.708. The molecule has 0 saturated heterocycles. The van der Waals surface area contributed by atoms with E-state index in [4.69, 9.17) is 9.47 Å². The topological polar surface area (TPSA) is 27.3 Å². The first-order chi connectivity index (χ1) is 12.3. The Labute approximate surface area is 164 Å². The predicted molar refractivity (Wildman–Crippen MR) is 97.4 cm³/mol. The van der Waals surface area contributed by atoms with Gasteiger partial charge in [0.1, 0.15) is 23.4 Å². The third-order valence-electron chi connectivity index (χ3n) is 4.87. The van der Waals surface area contributed by atoms with Gasteiger partial charge in [0.15, 0.2) is 5.69 Å². The van der Waals surface area contributed by atoms with Crippen molar-refractivity contribution < 1.29 is 31.0 Å². The number of hydrogen-bond acceptors (Lipinski definition) is 2. The summed E-state index contributed by atoms with van der Waals surface area (Å²) in [6.07, 6.45) is 5.86. The zero-order valence-electron chi connectivity index (χ0n) is 15.1. The maximum Gasteiger partial charge on any atom is 0.262 e. The molecule has 0 saturated carbocycles. The highest BCUT2D eigenvalue weighted by molar-refractivity contribution is 5.62. The maximum atomic E-state index is 5.31. The van der Waals surface area contributed by atoms with Gasteiger partial charge in [0, 0.05) is 12.0 Å². The first-order valence-electron chi connectivity index (χ1n) is 8.73. The van der Waals surface area contributed by atoms with Crippen LogP contribution in [0.3, 0.4) is 0 Å². The number of fused-ring (bicyclic) bond motifs is 1. The SMILES string of the molecule is COc1ccc(-c2c[n+]3c(n2-c2ccc(OC)cc2)CCCC3)cc1.[Br-]. The van der Waals surface area contributed by atoms with Crippen molar-refractivity contribution in [1.29, 1.82) is 0 Å². The van der Waals surface area contributed by atoms with Gasteiger partial charge < -0.3 is 26.5 Å². The fourth-order valence-corrected chi connectivity index (χ4v) is 3.55. The lowest BCUT2D eigenvalue weighted by atomic mass is 10.1. The molecule has 136 valence electrons. The van der Waals surface area contributed by atoms with E-state index in [1.54, 1.807) is 14.2 Å². The van der Waals surface area contributed by atoms with E-state index in [0.29, 0.717) is 0 Å². The van der Waals surface area contributed by atoms with Gasteiger partial charge in [0.25, 0.3) is 5.82 Å². The first-order valence-corrected chi connectivity index (χ1v) is 8.73. The molecule has 2 aromatic carbocycles. The molecule has 0 unspecified atom stereocenters. The monoisotopic (exact) mass is 414 g/mol. The average molecular weight is 415 g/mol. The Morgan fingerprint density at radius 3 is 2.08 bits per heavy atom. The van der Waals surface area contributed by atoms with Crippen LogP contribution in [0.1, 0.15) is 18.7 Å². The smallest absolute Gasteiger partial charge is 0.262 e. The average Bonchev–Trinajstić information content (AvgIpc) is 3.07. The van der Waals surface area contributed by atoms with Gasteiger partial charge in [-0.3, -0.25) is 0 Å². The van der Waals surface area contributed by atoms with Crippen molar-refractivity contribution in [2.75, 3.05) is 14.2 Å².